The number of carbonyl (C=O) groups excluding carboxylic acids is 1. The van der Waals surface area contributed by atoms with E-state index in [1.54, 1.807) is 4.90 Å². The first-order valence-corrected chi connectivity index (χ1v) is 10.3. The minimum atomic E-state index is -1.16. The average molecular weight is 451 g/mol. The number of nitrogens with zero attached hydrogens (tertiary/aromatic N) is 3. The van der Waals surface area contributed by atoms with Gasteiger partial charge in [-0.2, -0.15) is 0 Å². The molecule has 1 saturated heterocycles. The van der Waals surface area contributed by atoms with E-state index in [0.717, 1.165) is 11.3 Å². The summed E-state index contributed by atoms with van der Waals surface area (Å²) in [6, 6.07) is 7.20. The second kappa shape index (κ2) is 12.0. The zero-order valence-electron chi connectivity index (χ0n) is 18.0. The highest BCUT2D eigenvalue weighted by molar-refractivity contribution is 5.80. The van der Waals surface area contributed by atoms with Gasteiger partial charge in [-0.15, -0.1) is 0 Å². The minimum absolute atomic E-state index is 0.0775. The fourth-order valence-corrected chi connectivity index (χ4v) is 3.66. The summed E-state index contributed by atoms with van der Waals surface area (Å²) in [5.41, 5.74) is 0.960. The molecular weight excluding hydrogens is 422 g/mol. The number of amides is 1. The van der Waals surface area contributed by atoms with Gasteiger partial charge in [0.05, 0.1) is 32.8 Å². The molecule has 3 N–H and O–H groups in total. The molecule has 2 rings (SSSR count). The van der Waals surface area contributed by atoms with Crippen LogP contribution in [-0.4, -0.2) is 112 Å². The lowest BCUT2D eigenvalue weighted by molar-refractivity contribution is -0.144. The van der Waals surface area contributed by atoms with Crippen LogP contribution in [0.2, 0.25) is 0 Å². The number of piperazine rings is 1. The molecule has 1 aromatic rings. The third kappa shape index (κ3) is 8.16. The van der Waals surface area contributed by atoms with Crippen LogP contribution >= 0.6 is 0 Å². The predicted octanol–water partition coefficient (Wildman–Crippen LogP) is -0.304. The standard InChI is InChI=1S/C21H29N3O8/c1-2-32-17-5-3-15(4-6-17)9-16-10-23(18(25)11-24(16)14-21(30)31)8-7-22(12-19(26)27)13-20(28)29/h3-6,16H,2,7-14H2,1H3,(H,26,27)(H,28,29)(H,30,31). The molecule has 1 aromatic carbocycles. The molecule has 1 heterocycles. The van der Waals surface area contributed by atoms with Crippen LogP contribution in [0.1, 0.15) is 12.5 Å². The fourth-order valence-electron chi connectivity index (χ4n) is 3.66. The fraction of sp³-hybridized carbons (Fsp3) is 0.524. The number of hydrogen-bond acceptors (Lipinski definition) is 7. The first-order chi connectivity index (χ1) is 15.2. The third-order valence-corrected chi connectivity index (χ3v) is 5.09. The van der Waals surface area contributed by atoms with Gasteiger partial charge in [-0.05, 0) is 31.0 Å². The average Bonchev–Trinajstić information content (AvgIpc) is 2.69. The van der Waals surface area contributed by atoms with Crippen molar-refractivity contribution in [3.8, 4) is 5.75 Å². The second-order valence-corrected chi connectivity index (χ2v) is 7.57. The summed E-state index contributed by atoms with van der Waals surface area (Å²) in [5.74, 6) is -2.89. The summed E-state index contributed by atoms with van der Waals surface area (Å²) in [6.45, 7) is 1.68. The number of rotatable bonds is 13. The first kappa shape index (κ1) is 25.1. The normalized spacial score (nSPS) is 16.9. The largest absolute Gasteiger partial charge is 0.494 e. The Labute approximate surface area is 185 Å². The van der Waals surface area contributed by atoms with Crippen molar-refractivity contribution in [3.05, 3.63) is 29.8 Å². The van der Waals surface area contributed by atoms with Crippen LogP contribution < -0.4 is 4.74 Å². The van der Waals surface area contributed by atoms with Crippen LogP contribution in [0.15, 0.2) is 24.3 Å². The summed E-state index contributed by atoms with van der Waals surface area (Å²) >= 11 is 0. The lowest BCUT2D eigenvalue weighted by Crippen LogP contribution is -2.59. The van der Waals surface area contributed by atoms with E-state index < -0.39 is 31.0 Å². The van der Waals surface area contributed by atoms with Crippen LogP contribution in [0.25, 0.3) is 0 Å². The van der Waals surface area contributed by atoms with Crippen molar-refractivity contribution in [2.75, 3.05) is 52.4 Å². The minimum Gasteiger partial charge on any atom is -0.494 e. The Kier molecular flexibility index (Phi) is 9.41. The van der Waals surface area contributed by atoms with Gasteiger partial charge >= 0.3 is 17.9 Å². The summed E-state index contributed by atoms with van der Waals surface area (Å²) < 4.78 is 5.44. The molecule has 1 amide bonds. The maximum absolute atomic E-state index is 12.6. The van der Waals surface area contributed by atoms with Gasteiger partial charge in [0, 0.05) is 25.7 Å². The quantitative estimate of drug-likeness (QED) is 0.365. The van der Waals surface area contributed by atoms with E-state index in [4.69, 9.17) is 14.9 Å². The maximum Gasteiger partial charge on any atom is 0.317 e. The summed E-state index contributed by atoms with van der Waals surface area (Å²) in [5, 5.41) is 27.2. The highest BCUT2D eigenvalue weighted by Crippen LogP contribution is 2.18. The summed E-state index contributed by atoms with van der Waals surface area (Å²) in [6.07, 6.45) is 0.511. The Balaban J connectivity index is 2.08. The molecule has 11 nitrogen and oxygen atoms in total. The van der Waals surface area contributed by atoms with E-state index in [2.05, 4.69) is 0 Å². The highest BCUT2D eigenvalue weighted by Gasteiger charge is 2.33. The van der Waals surface area contributed by atoms with Gasteiger partial charge in [0.2, 0.25) is 5.91 Å². The number of carbonyl (C=O) groups is 4. The zero-order chi connectivity index (χ0) is 23.7. The molecule has 1 fully saturated rings. The van der Waals surface area contributed by atoms with Gasteiger partial charge in [-0.3, -0.25) is 29.0 Å². The van der Waals surface area contributed by atoms with Crippen LogP contribution in [0.3, 0.4) is 0 Å². The van der Waals surface area contributed by atoms with E-state index in [0.29, 0.717) is 13.0 Å². The Hall–Kier alpha value is -3.18. The van der Waals surface area contributed by atoms with E-state index in [1.807, 2.05) is 31.2 Å². The van der Waals surface area contributed by atoms with Gasteiger partial charge in [-0.1, -0.05) is 12.1 Å². The van der Waals surface area contributed by atoms with Crippen LogP contribution in [-0.2, 0) is 25.6 Å². The number of carboxylic acids is 3. The molecule has 176 valence electrons. The summed E-state index contributed by atoms with van der Waals surface area (Å²) in [4.78, 5) is 50.2. The number of ether oxygens (including phenoxy) is 1. The molecule has 1 atom stereocenters. The van der Waals surface area contributed by atoms with E-state index in [9.17, 15) is 24.3 Å². The van der Waals surface area contributed by atoms with Crippen LogP contribution in [0, 0.1) is 0 Å². The first-order valence-electron chi connectivity index (χ1n) is 10.3. The van der Waals surface area contributed by atoms with Crippen LogP contribution in [0.5, 0.6) is 5.75 Å². The van der Waals surface area contributed by atoms with Gasteiger partial charge in [0.1, 0.15) is 5.75 Å². The summed E-state index contributed by atoms with van der Waals surface area (Å²) in [7, 11) is 0. The Morgan fingerprint density at radius 2 is 1.69 bits per heavy atom. The van der Waals surface area contributed by atoms with Crippen molar-refractivity contribution in [3.63, 3.8) is 0 Å². The van der Waals surface area contributed by atoms with Gasteiger partial charge in [0.15, 0.2) is 0 Å². The second-order valence-electron chi connectivity index (χ2n) is 7.57. The van der Waals surface area contributed by atoms with Gasteiger partial charge < -0.3 is 25.0 Å². The molecule has 0 aliphatic carbocycles. The van der Waals surface area contributed by atoms with E-state index >= 15 is 0 Å². The highest BCUT2D eigenvalue weighted by atomic mass is 16.5. The smallest absolute Gasteiger partial charge is 0.317 e. The molecule has 0 aromatic heterocycles. The van der Waals surface area contributed by atoms with Crippen LogP contribution in [0.4, 0.5) is 0 Å². The van der Waals surface area contributed by atoms with Crippen molar-refractivity contribution in [1.29, 1.82) is 0 Å². The van der Waals surface area contributed by atoms with Crippen molar-refractivity contribution < 1.29 is 39.2 Å². The lowest BCUT2D eigenvalue weighted by atomic mass is 10.0. The Morgan fingerprint density at radius 1 is 1.06 bits per heavy atom. The van der Waals surface area contributed by atoms with Crippen molar-refractivity contribution in [1.82, 2.24) is 14.7 Å². The third-order valence-electron chi connectivity index (χ3n) is 5.09. The molecule has 0 radical (unpaired) electrons. The number of aliphatic carboxylic acids is 3. The van der Waals surface area contributed by atoms with E-state index in [1.165, 1.54) is 9.80 Å². The molecule has 1 aliphatic heterocycles. The number of benzene rings is 1. The lowest BCUT2D eigenvalue weighted by Gasteiger charge is -2.41. The Morgan fingerprint density at radius 3 is 2.22 bits per heavy atom. The number of hydrogen-bond donors (Lipinski definition) is 3. The molecule has 0 spiro atoms. The van der Waals surface area contributed by atoms with Crippen molar-refractivity contribution >= 4 is 23.8 Å². The topological polar surface area (TPSA) is 148 Å². The van der Waals surface area contributed by atoms with Gasteiger partial charge in [-0.25, -0.2) is 0 Å². The molecule has 0 bridgehead atoms. The monoisotopic (exact) mass is 451 g/mol. The predicted molar refractivity (Wildman–Crippen MR) is 113 cm³/mol. The SMILES string of the molecule is CCOc1ccc(CC2CN(CCN(CC(=O)O)CC(=O)O)C(=O)CN2CC(=O)O)cc1. The molecule has 1 aliphatic rings. The molecular formula is C21H29N3O8. The molecule has 1 unspecified atom stereocenters. The molecule has 11 heteroatoms. The van der Waals surface area contributed by atoms with Crippen molar-refractivity contribution in [2.45, 2.75) is 19.4 Å². The number of carboxylic acid groups (broad SMARTS) is 3. The molecule has 32 heavy (non-hydrogen) atoms. The maximum atomic E-state index is 12.6. The van der Waals surface area contributed by atoms with Gasteiger partial charge in [0.25, 0.3) is 0 Å². The zero-order valence-corrected chi connectivity index (χ0v) is 18.0. The van der Waals surface area contributed by atoms with E-state index in [-0.39, 0.29) is 44.7 Å². The Bertz CT molecular complexity index is 798. The van der Waals surface area contributed by atoms with Crippen molar-refractivity contribution in [2.24, 2.45) is 0 Å². The molecule has 0 saturated carbocycles.